The number of hydrogen-bond acceptors (Lipinski definition) is 3. The van der Waals surface area contributed by atoms with Crippen molar-refractivity contribution < 1.29 is 19.8 Å². The zero-order valence-electron chi connectivity index (χ0n) is 12.6. The molecule has 0 aliphatic heterocycles. The summed E-state index contributed by atoms with van der Waals surface area (Å²) in [6.45, 7) is 0.116. The van der Waals surface area contributed by atoms with Crippen LogP contribution in [-0.4, -0.2) is 34.7 Å². The summed E-state index contributed by atoms with van der Waals surface area (Å²) in [6, 6.07) is 0.0551. The van der Waals surface area contributed by atoms with Crippen molar-refractivity contribution in [2.75, 3.05) is 6.61 Å². The van der Waals surface area contributed by atoms with E-state index in [-0.39, 0.29) is 36.3 Å². The second-order valence-corrected chi connectivity index (χ2v) is 6.86. The Morgan fingerprint density at radius 1 is 1.05 bits per heavy atom. The summed E-state index contributed by atoms with van der Waals surface area (Å²) in [5.41, 5.74) is -0.348. The number of aliphatic hydroxyl groups excluding tert-OH is 1. The van der Waals surface area contributed by atoms with E-state index in [9.17, 15) is 14.7 Å². The van der Waals surface area contributed by atoms with E-state index in [2.05, 4.69) is 5.32 Å². The van der Waals surface area contributed by atoms with E-state index in [1.807, 2.05) is 0 Å². The third-order valence-corrected chi connectivity index (χ3v) is 5.22. The number of hydrogen-bond donors (Lipinski definition) is 3. The summed E-state index contributed by atoms with van der Waals surface area (Å²) in [5.74, 6) is -0.694. The van der Waals surface area contributed by atoms with Gasteiger partial charge in [-0.3, -0.25) is 9.59 Å². The highest BCUT2D eigenvalue weighted by molar-refractivity contribution is 5.78. The Hall–Kier alpha value is -1.10. The molecule has 2 atom stereocenters. The van der Waals surface area contributed by atoms with Crippen LogP contribution in [0.4, 0.5) is 0 Å². The average Bonchev–Trinajstić information content (AvgIpc) is 2.86. The lowest BCUT2D eigenvalue weighted by Gasteiger charge is -2.33. The van der Waals surface area contributed by atoms with Gasteiger partial charge in [0, 0.05) is 25.0 Å². The molecular weight excluding hydrogens is 270 g/mol. The Kier molecular flexibility index (Phi) is 5.62. The lowest BCUT2D eigenvalue weighted by atomic mass is 9.78. The van der Waals surface area contributed by atoms with E-state index in [4.69, 9.17) is 5.11 Å². The van der Waals surface area contributed by atoms with Gasteiger partial charge in [-0.05, 0) is 31.1 Å². The van der Waals surface area contributed by atoms with Crippen LogP contribution in [0.25, 0.3) is 0 Å². The lowest BCUT2D eigenvalue weighted by Crippen LogP contribution is -2.45. The normalized spacial score (nSPS) is 28.2. The highest BCUT2D eigenvalue weighted by Crippen LogP contribution is 2.44. The molecule has 2 fully saturated rings. The minimum absolute atomic E-state index is 0.0384. The molecule has 2 rings (SSSR count). The third kappa shape index (κ3) is 4.43. The van der Waals surface area contributed by atoms with E-state index >= 15 is 0 Å². The van der Waals surface area contributed by atoms with Crippen molar-refractivity contribution in [3.05, 3.63) is 0 Å². The predicted octanol–water partition coefficient (Wildman–Crippen LogP) is 2.08. The number of carbonyl (C=O) groups is 2. The van der Waals surface area contributed by atoms with Crippen molar-refractivity contribution in [1.29, 1.82) is 0 Å². The molecule has 0 spiro atoms. The van der Waals surface area contributed by atoms with E-state index in [0.717, 1.165) is 51.4 Å². The van der Waals surface area contributed by atoms with Crippen LogP contribution >= 0.6 is 0 Å². The van der Waals surface area contributed by atoms with Crippen molar-refractivity contribution in [2.24, 2.45) is 11.3 Å². The number of rotatable bonds is 6. The fraction of sp³-hybridized carbons (Fsp3) is 0.875. The van der Waals surface area contributed by atoms with E-state index in [1.165, 1.54) is 0 Å². The molecule has 5 heteroatoms. The van der Waals surface area contributed by atoms with Crippen LogP contribution in [0, 0.1) is 11.3 Å². The molecule has 0 aromatic heterocycles. The molecule has 21 heavy (non-hydrogen) atoms. The Morgan fingerprint density at radius 3 is 2.33 bits per heavy atom. The minimum Gasteiger partial charge on any atom is -0.481 e. The molecule has 5 nitrogen and oxygen atoms in total. The molecule has 2 unspecified atom stereocenters. The van der Waals surface area contributed by atoms with Crippen LogP contribution in [0.1, 0.15) is 64.2 Å². The van der Waals surface area contributed by atoms with Crippen LogP contribution in [0.5, 0.6) is 0 Å². The minimum atomic E-state index is -0.810. The van der Waals surface area contributed by atoms with Crippen molar-refractivity contribution >= 4 is 11.9 Å². The average molecular weight is 297 g/mol. The van der Waals surface area contributed by atoms with Gasteiger partial charge in [-0.1, -0.05) is 25.7 Å². The van der Waals surface area contributed by atoms with Crippen LogP contribution in [0.15, 0.2) is 0 Å². The second-order valence-electron chi connectivity index (χ2n) is 6.86. The second kappa shape index (κ2) is 7.25. The van der Waals surface area contributed by atoms with Crippen molar-refractivity contribution in [1.82, 2.24) is 5.32 Å². The molecule has 120 valence electrons. The van der Waals surface area contributed by atoms with Gasteiger partial charge in [0.25, 0.3) is 0 Å². The maximum absolute atomic E-state index is 12.3. The topological polar surface area (TPSA) is 86.6 Å². The Balaban J connectivity index is 1.91. The summed E-state index contributed by atoms with van der Waals surface area (Å²) >= 11 is 0. The SMILES string of the molecule is O=C(O)CC1(CC(=O)NC2CCCCC2CO)CCCC1. The summed E-state index contributed by atoms with van der Waals surface area (Å²) in [5, 5.41) is 21.5. The summed E-state index contributed by atoms with van der Waals surface area (Å²) in [4.78, 5) is 23.4. The number of carboxylic acids is 1. The van der Waals surface area contributed by atoms with Crippen LogP contribution < -0.4 is 5.32 Å². The maximum atomic E-state index is 12.3. The molecule has 1 amide bonds. The highest BCUT2D eigenvalue weighted by Gasteiger charge is 2.38. The first-order valence-corrected chi connectivity index (χ1v) is 8.17. The van der Waals surface area contributed by atoms with Crippen LogP contribution in [-0.2, 0) is 9.59 Å². The fourth-order valence-corrected chi connectivity index (χ4v) is 4.08. The van der Waals surface area contributed by atoms with Gasteiger partial charge in [0.15, 0.2) is 0 Å². The molecule has 0 saturated heterocycles. The number of carboxylic acid groups (broad SMARTS) is 1. The molecule has 2 aliphatic carbocycles. The van der Waals surface area contributed by atoms with E-state index in [1.54, 1.807) is 0 Å². The monoisotopic (exact) mass is 297 g/mol. The molecule has 2 saturated carbocycles. The smallest absolute Gasteiger partial charge is 0.303 e. The molecule has 0 bridgehead atoms. The van der Waals surface area contributed by atoms with Gasteiger partial charge in [0.1, 0.15) is 0 Å². The number of carbonyl (C=O) groups excluding carboxylic acids is 1. The summed E-state index contributed by atoms with van der Waals surface area (Å²) < 4.78 is 0. The van der Waals surface area contributed by atoms with Crippen molar-refractivity contribution in [3.8, 4) is 0 Å². The zero-order chi connectivity index (χ0) is 15.3. The first kappa shape index (κ1) is 16.3. The number of nitrogens with one attached hydrogen (secondary N) is 1. The molecule has 3 N–H and O–H groups in total. The van der Waals surface area contributed by atoms with Crippen molar-refractivity contribution in [2.45, 2.75) is 70.3 Å². The third-order valence-electron chi connectivity index (χ3n) is 5.22. The predicted molar refractivity (Wildman–Crippen MR) is 78.7 cm³/mol. The summed E-state index contributed by atoms with van der Waals surface area (Å²) in [6.07, 6.45) is 8.18. The Morgan fingerprint density at radius 2 is 1.71 bits per heavy atom. The number of aliphatic carboxylic acids is 1. The first-order chi connectivity index (χ1) is 10.0. The van der Waals surface area contributed by atoms with E-state index < -0.39 is 5.97 Å². The lowest BCUT2D eigenvalue weighted by molar-refractivity contribution is -0.140. The first-order valence-electron chi connectivity index (χ1n) is 8.17. The molecule has 0 radical (unpaired) electrons. The molecule has 0 aromatic rings. The number of aliphatic hydroxyl groups is 1. The van der Waals surface area contributed by atoms with Crippen LogP contribution in [0.3, 0.4) is 0 Å². The molecular formula is C16H27NO4. The summed E-state index contributed by atoms with van der Waals surface area (Å²) in [7, 11) is 0. The van der Waals surface area contributed by atoms with Crippen molar-refractivity contribution in [3.63, 3.8) is 0 Å². The standard InChI is InChI=1S/C16H27NO4/c18-11-12-5-1-2-6-13(12)17-14(19)9-16(10-15(20)21)7-3-4-8-16/h12-13,18H,1-11H2,(H,17,19)(H,20,21). The molecule has 0 aromatic carbocycles. The number of amides is 1. The zero-order valence-corrected chi connectivity index (χ0v) is 12.6. The van der Waals surface area contributed by atoms with Gasteiger partial charge in [0.2, 0.25) is 5.91 Å². The van der Waals surface area contributed by atoms with Gasteiger partial charge in [-0.15, -0.1) is 0 Å². The Labute approximate surface area is 126 Å². The van der Waals surface area contributed by atoms with E-state index in [0.29, 0.717) is 6.42 Å². The van der Waals surface area contributed by atoms with Gasteiger partial charge in [-0.2, -0.15) is 0 Å². The van der Waals surface area contributed by atoms with Gasteiger partial charge in [0.05, 0.1) is 6.42 Å². The molecule has 0 heterocycles. The Bertz CT molecular complexity index is 376. The maximum Gasteiger partial charge on any atom is 0.303 e. The van der Waals surface area contributed by atoms with Gasteiger partial charge >= 0.3 is 5.97 Å². The van der Waals surface area contributed by atoms with Crippen LogP contribution in [0.2, 0.25) is 0 Å². The largest absolute Gasteiger partial charge is 0.481 e. The van der Waals surface area contributed by atoms with Gasteiger partial charge < -0.3 is 15.5 Å². The fourth-order valence-electron chi connectivity index (χ4n) is 4.08. The quantitative estimate of drug-likeness (QED) is 0.700. The van der Waals surface area contributed by atoms with Gasteiger partial charge in [-0.25, -0.2) is 0 Å². The molecule has 2 aliphatic rings. The highest BCUT2D eigenvalue weighted by atomic mass is 16.4.